The van der Waals surface area contributed by atoms with Crippen LogP contribution in [0.2, 0.25) is 0 Å². The highest BCUT2D eigenvalue weighted by Gasteiger charge is 2.18. The van der Waals surface area contributed by atoms with Crippen molar-refractivity contribution < 1.29 is 0 Å². The fourth-order valence-corrected chi connectivity index (χ4v) is 8.69. The van der Waals surface area contributed by atoms with Gasteiger partial charge >= 0.3 is 0 Å². The van der Waals surface area contributed by atoms with Gasteiger partial charge in [-0.05, 0) is 113 Å². The molecule has 0 aliphatic heterocycles. The number of aromatic nitrogens is 2. The van der Waals surface area contributed by atoms with Crippen LogP contribution in [0.4, 0.5) is 17.1 Å². The highest BCUT2D eigenvalue weighted by atomic mass is 15.1. The third-order valence-electron chi connectivity index (χ3n) is 11.3. The molecule has 3 nitrogen and oxygen atoms in total. The molecule has 268 valence electrons. The minimum absolute atomic E-state index is 1.09. The third-order valence-corrected chi connectivity index (χ3v) is 11.3. The van der Waals surface area contributed by atoms with Gasteiger partial charge in [-0.25, -0.2) is 0 Å². The van der Waals surface area contributed by atoms with Crippen molar-refractivity contribution in [2.45, 2.75) is 0 Å². The molecule has 0 aliphatic carbocycles. The standard InChI is InChI=1S/C54H37N3/c1-4-16-38(17-5-1)39-18-14-23-44(34-39)55(42-19-6-2-7-20-42)45-24-15-25-46(37-45)57-52-29-13-11-27-48(52)50-36-41(31-33-54(50)57)40-30-32-53-49(35-40)47-26-10-12-28-51(47)56(53)43-21-8-3-9-22-43/h1-37H. The predicted octanol–water partition coefficient (Wildman–Crippen LogP) is 14.7. The van der Waals surface area contributed by atoms with Gasteiger partial charge in [0.1, 0.15) is 0 Å². The van der Waals surface area contributed by atoms with E-state index in [2.05, 4.69) is 238 Å². The third kappa shape index (κ3) is 5.60. The number of anilines is 3. The molecule has 0 fully saturated rings. The van der Waals surface area contributed by atoms with E-state index in [1.807, 2.05) is 0 Å². The molecule has 0 atom stereocenters. The van der Waals surface area contributed by atoms with Gasteiger partial charge in [0.15, 0.2) is 0 Å². The topological polar surface area (TPSA) is 13.1 Å². The zero-order valence-electron chi connectivity index (χ0n) is 31.2. The Morgan fingerprint density at radius 3 is 1.30 bits per heavy atom. The van der Waals surface area contributed by atoms with E-state index in [1.165, 1.54) is 71.6 Å². The Morgan fingerprint density at radius 2 is 0.667 bits per heavy atom. The molecule has 0 radical (unpaired) electrons. The van der Waals surface area contributed by atoms with Crippen LogP contribution < -0.4 is 4.90 Å². The number of rotatable bonds is 7. The summed E-state index contributed by atoms with van der Waals surface area (Å²) in [6.45, 7) is 0. The molecule has 57 heavy (non-hydrogen) atoms. The number of hydrogen-bond donors (Lipinski definition) is 0. The quantitative estimate of drug-likeness (QED) is 0.159. The summed E-state index contributed by atoms with van der Waals surface area (Å²) in [5.74, 6) is 0. The summed E-state index contributed by atoms with van der Waals surface area (Å²) in [7, 11) is 0. The number of para-hydroxylation sites is 4. The second-order valence-electron chi connectivity index (χ2n) is 14.6. The van der Waals surface area contributed by atoms with E-state index in [0.29, 0.717) is 0 Å². The smallest absolute Gasteiger partial charge is 0.0541 e. The summed E-state index contributed by atoms with van der Waals surface area (Å²) in [6.07, 6.45) is 0. The summed E-state index contributed by atoms with van der Waals surface area (Å²) in [5.41, 5.74) is 15.2. The molecule has 0 unspecified atom stereocenters. The maximum Gasteiger partial charge on any atom is 0.0541 e. The van der Waals surface area contributed by atoms with E-state index in [4.69, 9.17) is 0 Å². The molecular formula is C54H37N3. The van der Waals surface area contributed by atoms with Crippen molar-refractivity contribution in [3.63, 3.8) is 0 Å². The van der Waals surface area contributed by atoms with Gasteiger partial charge in [0.05, 0.1) is 22.1 Å². The first-order valence-electron chi connectivity index (χ1n) is 19.5. The molecular weight excluding hydrogens is 691 g/mol. The number of benzene rings is 9. The van der Waals surface area contributed by atoms with E-state index in [0.717, 1.165) is 22.7 Å². The van der Waals surface area contributed by atoms with Crippen LogP contribution in [0, 0.1) is 0 Å². The van der Waals surface area contributed by atoms with Gasteiger partial charge in [-0.2, -0.15) is 0 Å². The monoisotopic (exact) mass is 727 g/mol. The Morgan fingerprint density at radius 1 is 0.246 bits per heavy atom. The van der Waals surface area contributed by atoms with Gasteiger partial charge < -0.3 is 14.0 Å². The van der Waals surface area contributed by atoms with Crippen molar-refractivity contribution in [2.24, 2.45) is 0 Å². The van der Waals surface area contributed by atoms with Crippen LogP contribution in [0.1, 0.15) is 0 Å². The van der Waals surface area contributed by atoms with Crippen molar-refractivity contribution in [3.8, 4) is 33.6 Å². The summed E-state index contributed by atoms with van der Waals surface area (Å²) in [6, 6.07) is 81.1. The molecule has 11 rings (SSSR count). The van der Waals surface area contributed by atoms with Crippen molar-refractivity contribution in [1.29, 1.82) is 0 Å². The SMILES string of the molecule is c1ccc(-c2cccc(N(c3ccccc3)c3cccc(-n4c5ccccc5c5cc(-c6ccc7c(c6)c6ccccc6n7-c6ccccc6)ccc54)c3)c2)cc1. The largest absolute Gasteiger partial charge is 0.310 e. The van der Waals surface area contributed by atoms with E-state index >= 15 is 0 Å². The molecule has 0 spiro atoms. The van der Waals surface area contributed by atoms with Crippen LogP contribution in [0.5, 0.6) is 0 Å². The van der Waals surface area contributed by atoms with Crippen LogP contribution in [0.15, 0.2) is 224 Å². The second kappa shape index (κ2) is 13.6. The van der Waals surface area contributed by atoms with Gasteiger partial charge in [-0.15, -0.1) is 0 Å². The zero-order valence-corrected chi connectivity index (χ0v) is 31.2. The fourth-order valence-electron chi connectivity index (χ4n) is 8.69. The van der Waals surface area contributed by atoms with Crippen molar-refractivity contribution in [3.05, 3.63) is 224 Å². The first kappa shape index (κ1) is 32.8. The molecule has 2 heterocycles. The maximum absolute atomic E-state index is 2.41. The van der Waals surface area contributed by atoms with E-state index in [9.17, 15) is 0 Å². The van der Waals surface area contributed by atoms with Crippen molar-refractivity contribution in [2.75, 3.05) is 4.90 Å². The Kier molecular flexibility index (Phi) is 7.82. The zero-order chi connectivity index (χ0) is 37.7. The minimum Gasteiger partial charge on any atom is -0.310 e. The summed E-state index contributed by atoms with van der Waals surface area (Å²) < 4.78 is 4.79. The molecule has 0 N–H and O–H groups in total. The minimum atomic E-state index is 1.09. The van der Waals surface area contributed by atoms with Crippen LogP contribution in [0.3, 0.4) is 0 Å². The highest BCUT2D eigenvalue weighted by Crippen LogP contribution is 2.41. The van der Waals surface area contributed by atoms with E-state index in [1.54, 1.807) is 0 Å². The van der Waals surface area contributed by atoms with Gasteiger partial charge in [-0.3, -0.25) is 0 Å². The first-order chi connectivity index (χ1) is 28.3. The molecule has 2 aromatic heterocycles. The highest BCUT2D eigenvalue weighted by molar-refractivity contribution is 6.12. The maximum atomic E-state index is 2.41. The Hall–Kier alpha value is -7.62. The van der Waals surface area contributed by atoms with Crippen LogP contribution >= 0.6 is 0 Å². The Labute approximate surface area is 331 Å². The van der Waals surface area contributed by atoms with E-state index < -0.39 is 0 Å². The van der Waals surface area contributed by atoms with Gasteiger partial charge in [-0.1, -0.05) is 133 Å². The molecule has 9 aromatic carbocycles. The molecule has 0 saturated heterocycles. The lowest BCUT2D eigenvalue weighted by Gasteiger charge is -2.26. The number of nitrogens with zero attached hydrogens (tertiary/aromatic N) is 3. The van der Waals surface area contributed by atoms with Crippen molar-refractivity contribution in [1.82, 2.24) is 9.13 Å². The normalized spacial score (nSPS) is 11.5. The predicted molar refractivity (Wildman–Crippen MR) is 241 cm³/mol. The summed E-state index contributed by atoms with van der Waals surface area (Å²) >= 11 is 0. The van der Waals surface area contributed by atoms with Gasteiger partial charge in [0.2, 0.25) is 0 Å². The van der Waals surface area contributed by atoms with Crippen LogP contribution in [0.25, 0.3) is 77.2 Å². The molecule has 0 amide bonds. The molecule has 3 heteroatoms. The Balaban J connectivity index is 1.04. The summed E-state index contributed by atoms with van der Waals surface area (Å²) in [4.78, 5) is 2.35. The van der Waals surface area contributed by atoms with Gasteiger partial charge in [0.25, 0.3) is 0 Å². The van der Waals surface area contributed by atoms with Gasteiger partial charge in [0, 0.05) is 50.0 Å². The lowest BCUT2D eigenvalue weighted by Crippen LogP contribution is -2.10. The summed E-state index contributed by atoms with van der Waals surface area (Å²) in [5, 5.41) is 4.98. The average Bonchev–Trinajstić information content (AvgIpc) is 3.80. The Bertz CT molecular complexity index is 3230. The van der Waals surface area contributed by atoms with E-state index in [-0.39, 0.29) is 0 Å². The first-order valence-corrected chi connectivity index (χ1v) is 19.5. The lowest BCUT2D eigenvalue weighted by molar-refractivity contribution is 1.17. The number of fused-ring (bicyclic) bond motifs is 6. The second-order valence-corrected chi connectivity index (χ2v) is 14.6. The molecule has 0 bridgehead atoms. The lowest BCUT2D eigenvalue weighted by atomic mass is 10.0. The van der Waals surface area contributed by atoms with Crippen molar-refractivity contribution >= 4 is 60.7 Å². The molecule has 0 aliphatic rings. The fraction of sp³-hybridized carbons (Fsp3) is 0. The number of hydrogen-bond acceptors (Lipinski definition) is 1. The van der Waals surface area contributed by atoms with Crippen LogP contribution in [-0.4, -0.2) is 9.13 Å². The molecule has 0 saturated carbocycles. The van der Waals surface area contributed by atoms with Crippen LogP contribution in [-0.2, 0) is 0 Å². The molecule has 11 aromatic rings. The average molecular weight is 728 g/mol.